The molecule has 7 heteroatoms. The summed E-state index contributed by atoms with van der Waals surface area (Å²) < 4.78 is 37.9. The van der Waals surface area contributed by atoms with Crippen LogP contribution in [0.1, 0.15) is 11.6 Å². The van der Waals surface area contributed by atoms with Crippen LogP contribution in [0.5, 0.6) is 0 Å². The Morgan fingerprint density at radius 1 is 1.24 bits per heavy atom. The van der Waals surface area contributed by atoms with Crippen molar-refractivity contribution < 1.29 is 13.2 Å². The second-order valence-corrected chi connectivity index (χ2v) is 5.17. The van der Waals surface area contributed by atoms with Crippen LogP contribution in [0.4, 0.5) is 13.2 Å². The van der Waals surface area contributed by atoms with Gasteiger partial charge in [0.15, 0.2) is 0 Å². The van der Waals surface area contributed by atoms with Crippen molar-refractivity contribution in [1.29, 1.82) is 0 Å². The zero-order valence-electron chi connectivity index (χ0n) is 8.69. The van der Waals surface area contributed by atoms with E-state index in [1.54, 1.807) is 18.2 Å². The Bertz CT molecular complexity index is 382. The van der Waals surface area contributed by atoms with Crippen molar-refractivity contribution in [3.63, 3.8) is 0 Å². The largest absolute Gasteiger partial charge is 0.401 e. The molecular formula is C10H11Br2F3N2. The van der Waals surface area contributed by atoms with E-state index in [0.717, 1.165) is 8.95 Å². The van der Waals surface area contributed by atoms with Crippen LogP contribution in [0.25, 0.3) is 0 Å². The second kappa shape index (κ2) is 6.17. The summed E-state index contributed by atoms with van der Waals surface area (Å²) in [6.45, 7) is -0.952. The summed E-state index contributed by atoms with van der Waals surface area (Å²) in [7, 11) is 0. The van der Waals surface area contributed by atoms with Gasteiger partial charge in [0.25, 0.3) is 0 Å². The quantitative estimate of drug-likeness (QED) is 0.846. The van der Waals surface area contributed by atoms with Crippen molar-refractivity contribution in [3.05, 3.63) is 32.7 Å². The van der Waals surface area contributed by atoms with Crippen LogP contribution in [0, 0.1) is 0 Å². The summed E-state index contributed by atoms with van der Waals surface area (Å²) in [6, 6.07) is 4.72. The third-order valence-corrected chi connectivity index (χ3v) is 4.01. The van der Waals surface area contributed by atoms with E-state index in [1.165, 1.54) is 0 Å². The van der Waals surface area contributed by atoms with Crippen molar-refractivity contribution in [2.45, 2.75) is 12.2 Å². The fourth-order valence-corrected chi connectivity index (χ4v) is 1.95. The van der Waals surface area contributed by atoms with Gasteiger partial charge in [-0.15, -0.1) is 0 Å². The van der Waals surface area contributed by atoms with Crippen LogP contribution in [-0.4, -0.2) is 19.3 Å². The average molecular weight is 376 g/mol. The first-order chi connectivity index (χ1) is 7.83. The molecule has 3 N–H and O–H groups in total. The molecule has 0 heterocycles. The van der Waals surface area contributed by atoms with E-state index in [2.05, 4.69) is 37.2 Å². The molecule has 2 nitrogen and oxygen atoms in total. The Morgan fingerprint density at radius 3 is 2.35 bits per heavy atom. The van der Waals surface area contributed by atoms with E-state index in [0.29, 0.717) is 5.56 Å². The molecular weight excluding hydrogens is 365 g/mol. The molecule has 1 aromatic rings. The summed E-state index contributed by atoms with van der Waals surface area (Å²) in [4.78, 5) is 0. The fraction of sp³-hybridized carbons (Fsp3) is 0.400. The first-order valence-electron chi connectivity index (χ1n) is 4.78. The lowest BCUT2D eigenvalue weighted by molar-refractivity contribution is -0.126. The molecule has 0 saturated carbocycles. The minimum absolute atomic E-state index is 0.101. The van der Waals surface area contributed by atoms with Crippen LogP contribution in [-0.2, 0) is 0 Å². The van der Waals surface area contributed by atoms with Gasteiger partial charge in [0.2, 0.25) is 0 Å². The first-order valence-corrected chi connectivity index (χ1v) is 6.37. The Morgan fingerprint density at radius 2 is 1.88 bits per heavy atom. The standard InChI is InChI=1S/C10H11Br2F3N2/c11-7-2-1-6(3-8(7)12)9(4-16)17-5-10(13,14)15/h1-3,9,17H,4-5,16H2. The van der Waals surface area contributed by atoms with E-state index < -0.39 is 18.8 Å². The molecule has 1 unspecified atom stereocenters. The highest BCUT2D eigenvalue weighted by molar-refractivity contribution is 9.13. The Hall–Kier alpha value is -0.110. The molecule has 1 aromatic carbocycles. The SMILES string of the molecule is NCC(NCC(F)(F)F)c1ccc(Br)c(Br)c1. The Kier molecular flexibility index (Phi) is 5.43. The van der Waals surface area contributed by atoms with Gasteiger partial charge >= 0.3 is 6.18 Å². The summed E-state index contributed by atoms with van der Waals surface area (Å²) in [5, 5.41) is 2.39. The number of benzene rings is 1. The normalized spacial score (nSPS) is 13.8. The van der Waals surface area contributed by atoms with Gasteiger partial charge < -0.3 is 11.1 Å². The third-order valence-electron chi connectivity index (χ3n) is 2.13. The Balaban J connectivity index is 2.76. The van der Waals surface area contributed by atoms with Gasteiger partial charge in [-0.1, -0.05) is 6.07 Å². The van der Waals surface area contributed by atoms with Gasteiger partial charge in [-0.2, -0.15) is 13.2 Å². The van der Waals surface area contributed by atoms with Gasteiger partial charge in [-0.05, 0) is 49.6 Å². The van der Waals surface area contributed by atoms with Crippen LogP contribution in [0.15, 0.2) is 27.1 Å². The van der Waals surface area contributed by atoms with Gasteiger partial charge in [0, 0.05) is 21.5 Å². The monoisotopic (exact) mass is 374 g/mol. The van der Waals surface area contributed by atoms with Gasteiger partial charge in [0.05, 0.1) is 6.54 Å². The van der Waals surface area contributed by atoms with Crippen molar-refractivity contribution in [3.8, 4) is 0 Å². The highest BCUT2D eigenvalue weighted by Crippen LogP contribution is 2.26. The molecule has 96 valence electrons. The molecule has 0 spiro atoms. The van der Waals surface area contributed by atoms with Crippen molar-refractivity contribution >= 4 is 31.9 Å². The number of hydrogen-bond acceptors (Lipinski definition) is 2. The van der Waals surface area contributed by atoms with Crippen LogP contribution in [0.2, 0.25) is 0 Å². The molecule has 0 aliphatic heterocycles. The third kappa shape index (κ3) is 4.95. The minimum atomic E-state index is -4.24. The Labute approximate surface area is 114 Å². The first kappa shape index (κ1) is 14.9. The zero-order chi connectivity index (χ0) is 13.1. The maximum absolute atomic E-state index is 12.1. The number of hydrogen-bond donors (Lipinski definition) is 2. The summed E-state index contributed by atoms with van der Waals surface area (Å²) >= 11 is 6.59. The van der Waals surface area contributed by atoms with Gasteiger partial charge in [-0.25, -0.2) is 0 Å². The topological polar surface area (TPSA) is 38.0 Å². The number of rotatable bonds is 4. The number of alkyl halides is 3. The van der Waals surface area contributed by atoms with E-state index >= 15 is 0 Å². The van der Waals surface area contributed by atoms with E-state index in [9.17, 15) is 13.2 Å². The zero-order valence-corrected chi connectivity index (χ0v) is 11.9. The summed E-state index contributed by atoms with van der Waals surface area (Å²) in [5.74, 6) is 0. The van der Waals surface area contributed by atoms with Crippen LogP contribution >= 0.6 is 31.9 Å². The lowest BCUT2D eigenvalue weighted by Crippen LogP contribution is -2.35. The number of halogens is 5. The molecule has 1 atom stereocenters. The molecule has 0 saturated heterocycles. The minimum Gasteiger partial charge on any atom is -0.329 e. The summed E-state index contributed by atoms with van der Waals surface area (Å²) in [6.07, 6.45) is -4.24. The molecule has 17 heavy (non-hydrogen) atoms. The predicted octanol–water partition coefficient (Wildman–Crippen LogP) is 3.36. The highest BCUT2D eigenvalue weighted by atomic mass is 79.9. The van der Waals surface area contributed by atoms with Crippen LogP contribution in [0.3, 0.4) is 0 Å². The van der Waals surface area contributed by atoms with Crippen molar-refractivity contribution in [2.24, 2.45) is 5.73 Å². The molecule has 0 fully saturated rings. The summed E-state index contributed by atoms with van der Waals surface area (Å²) in [5.41, 5.74) is 6.18. The molecule has 1 rings (SSSR count). The van der Waals surface area contributed by atoms with E-state index in [4.69, 9.17) is 5.73 Å². The van der Waals surface area contributed by atoms with E-state index in [1.807, 2.05) is 0 Å². The number of nitrogens with two attached hydrogens (primary N) is 1. The average Bonchev–Trinajstić information content (AvgIpc) is 2.22. The predicted molar refractivity (Wildman–Crippen MR) is 67.7 cm³/mol. The van der Waals surface area contributed by atoms with Crippen LogP contribution < -0.4 is 11.1 Å². The maximum Gasteiger partial charge on any atom is 0.401 e. The molecule has 0 amide bonds. The number of nitrogens with one attached hydrogen (secondary N) is 1. The fourth-order valence-electron chi connectivity index (χ4n) is 1.31. The van der Waals surface area contributed by atoms with Crippen molar-refractivity contribution in [2.75, 3.05) is 13.1 Å². The molecule has 0 radical (unpaired) electrons. The molecule has 0 aliphatic rings. The van der Waals surface area contributed by atoms with Crippen molar-refractivity contribution in [1.82, 2.24) is 5.32 Å². The highest BCUT2D eigenvalue weighted by Gasteiger charge is 2.28. The lowest BCUT2D eigenvalue weighted by Gasteiger charge is -2.19. The lowest BCUT2D eigenvalue weighted by atomic mass is 10.1. The maximum atomic E-state index is 12.1. The van der Waals surface area contributed by atoms with Gasteiger partial charge in [-0.3, -0.25) is 0 Å². The second-order valence-electron chi connectivity index (χ2n) is 3.46. The van der Waals surface area contributed by atoms with E-state index in [-0.39, 0.29) is 6.54 Å². The molecule has 0 aromatic heterocycles. The van der Waals surface area contributed by atoms with Gasteiger partial charge in [0.1, 0.15) is 0 Å². The smallest absolute Gasteiger partial charge is 0.329 e. The molecule has 0 bridgehead atoms. The molecule has 0 aliphatic carbocycles.